The molecule has 0 aliphatic rings. The van der Waals surface area contributed by atoms with Gasteiger partial charge in [0, 0.05) is 5.92 Å². The molecule has 2 heterocycles. The van der Waals surface area contributed by atoms with Crippen molar-refractivity contribution >= 4 is 17.0 Å². The Kier molecular flexibility index (Phi) is 3.56. The van der Waals surface area contributed by atoms with Gasteiger partial charge in [0.15, 0.2) is 11.5 Å². The molecule has 0 aromatic carbocycles. The topological polar surface area (TPSA) is 80.5 Å². The summed E-state index contributed by atoms with van der Waals surface area (Å²) in [5.41, 5.74) is 7.22. The predicted molar refractivity (Wildman–Crippen MR) is 68.7 cm³/mol. The monoisotopic (exact) mass is 233 g/mol. The van der Waals surface area contributed by atoms with E-state index in [1.807, 2.05) is 0 Å². The van der Waals surface area contributed by atoms with Gasteiger partial charge in [-0.15, -0.1) is 0 Å². The van der Waals surface area contributed by atoms with Gasteiger partial charge in [0.2, 0.25) is 0 Å². The Balaban J connectivity index is 2.31. The van der Waals surface area contributed by atoms with Crippen LogP contribution in [-0.4, -0.2) is 19.9 Å². The maximum atomic E-state index is 5.79. The maximum absolute atomic E-state index is 5.79. The van der Waals surface area contributed by atoms with Gasteiger partial charge >= 0.3 is 0 Å². The summed E-state index contributed by atoms with van der Waals surface area (Å²) in [4.78, 5) is 15.9. The summed E-state index contributed by atoms with van der Waals surface area (Å²) in [6, 6.07) is 0. The SMILES string of the molecule is CCCCC(CC)c1nc2ncnc(N)c2[nH]1. The molecule has 3 N–H and O–H groups in total. The van der Waals surface area contributed by atoms with Gasteiger partial charge in [-0.1, -0.05) is 26.7 Å². The van der Waals surface area contributed by atoms with Gasteiger partial charge in [0.05, 0.1) is 0 Å². The van der Waals surface area contributed by atoms with E-state index in [4.69, 9.17) is 5.73 Å². The summed E-state index contributed by atoms with van der Waals surface area (Å²) in [7, 11) is 0. The van der Waals surface area contributed by atoms with Gasteiger partial charge in [0.25, 0.3) is 0 Å². The number of hydrogen-bond donors (Lipinski definition) is 2. The van der Waals surface area contributed by atoms with E-state index in [1.54, 1.807) is 0 Å². The molecule has 17 heavy (non-hydrogen) atoms. The number of nitrogens with zero attached hydrogens (tertiary/aromatic N) is 3. The van der Waals surface area contributed by atoms with Gasteiger partial charge < -0.3 is 10.7 Å². The quantitative estimate of drug-likeness (QED) is 0.831. The Bertz CT molecular complexity index is 491. The zero-order chi connectivity index (χ0) is 12.3. The molecule has 0 saturated heterocycles. The summed E-state index contributed by atoms with van der Waals surface area (Å²) >= 11 is 0. The molecule has 0 saturated carbocycles. The van der Waals surface area contributed by atoms with Crippen molar-refractivity contribution in [1.29, 1.82) is 0 Å². The van der Waals surface area contributed by atoms with Crippen LogP contribution in [-0.2, 0) is 0 Å². The van der Waals surface area contributed by atoms with Crippen molar-refractivity contribution in [2.24, 2.45) is 0 Å². The number of unbranched alkanes of at least 4 members (excludes halogenated alkanes) is 1. The highest BCUT2D eigenvalue weighted by Crippen LogP contribution is 2.25. The fourth-order valence-electron chi connectivity index (χ4n) is 2.04. The molecule has 92 valence electrons. The molecule has 1 unspecified atom stereocenters. The van der Waals surface area contributed by atoms with Crippen LogP contribution in [0, 0.1) is 0 Å². The second-order valence-electron chi connectivity index (χ2n) is 4.33. The lowest BCUT2D eigenvalue weighted by molar-refractivity contribution is 0.549. The number of rotatable bonds is 5. The second-order valence-corrected chi connectivity index (χ2v) is 4.33. The van der Waals surface area contributed by atoms with Crippen LogP contribution in [0.25, 0.3) is 11.2 Å². The number of anilines is 1. The van der Waals surface area contributed by atoms with Crippen molar-refractivity contribution in [3.8, 4) is 0 Å². The van der Waals surface area contributed by atoms with E-state index in [2.05, 4.69) is 33.8 Å². The van der Waals surface area contributed by atoms with Crippen LogP contribution in [0.3, 0.4) is 0 Å². The molecule has 0 aliphatic carbocycles. The van der Waals surface area contributed by atoms with Crippen molar-refractivity contribution in [2.45, 2.75) is 45.4 Å². The fourth-order valence-corrected chi connectivity index (χ4v) is 2.04. The highest BCUT2D eigenvalue weighted by molar-refractivity contribution is 5.81. The summed E-state index contributed by atoms with van der Waals surface area (Å²) in [6.45, 7) is 4.39. The van der Waals surface area contributed by atoms with Crippen LogP contribution in [0.2, 0.25) is 0 Å². The van der Waals surface area contributed by atoms with Crippen LogP contribution < -0.4 is 5.73 Å². The molecule has 0 spiro atoms. The molecule has 2 aromatic rings. The third-order valence-corrected chi connectivity index (χ3v) is 3.12. The van der Waals surface area contributed by atoms with Crippen LogP contribution in [0.1, 0.15) is 51.3 Å². The maximum Gasteiger partial charge on any atom is 0.183 e. The molecule has 0 fully saturated rings. The van der Waals surface area contributed by atoms with Crippen LogP contribution in [0.15, 0.2) is 6.33 Å². The number of imidazole rings is 1. The number of H-pyrrole nitrogens is 1. The largest absolute Gasteiger partial charge is 0.382 e. The summed E-state index contributed by atoms with van der Waals surface area (Å²) < 4.78 is 0. The molecule has 0 amide bonds. The number of nitrogens with one attached hydrogen (secondary N) is 1. The van der Waals surface area contributed by atoms with Crippen molar-refractivity contribution in [3.05, 3.63) is 12.2 Å². The second kappa shape index (κ2) is 5.12. The van der Waals surface area contributed by atoms with E-state index < -0.39 is 0 Å². The molecule has 0 aliphatic heterocycles. The molecule has 5 heteroatoms. The minimum Gasteiger partial charge on any atom is -0.382 e. The van der Waals surface area contributed by atoms with Crippen LogP contribution >= 0.6 is 0 Å². The molecule has 0 bridgehead atoms. The number of hydrogen-bond acceptors (Lipinski definition) is 4. The minimum atomic E-state index is 0.462. The molecule has 5 nitrogen and oxygen atoms in total. The lowest BCUT2D eigenvalue weighted by Gasteiger charge is -2.10. The first-order valence-corrected chi connectivity index (χ1v) is 6.22. The first-order valence-electron chi connectivity index (χ1n) is 6.22. The van der Waals surface area contributed by atoms with Gasteiger partial charge in [0.1, 0.15) is 17.7 Å². The van der Waals surface area contributed by atoms with Gasteiger partial charge in [-0.05, 0) is 12.8 Å². The van der Waals surface area contributed by atoms with E-state index >= 15 is 0 Å². The zero-order valence-corrected chi connectivity index (χ0v) is 10.4. The lowest BCUT2D eigenvalue weighted by Crippen LogP contribution is -1.99. The molecule has 2 aromatic heterocycles. The smallest absolute Gasteiger partial charge is 0.183 e. The number of fused-ring (bicyclic) bond motifs is 1. The Morgan fingerprint density at radius 3 is 2.82 bits per heavy atom. The van der Waals surface area contributed by atoms with Crippen LogP contribution in [0.5, 0.6) is 0 Å². The predicted octanol–water partition coefficient (Wildman–Crippen LogP) is 2.62. The molecule has 0 radical (unpaired) electrons. The molecular formula is C12H19N5. The summed E-state index contributed by atoms with van der Waals surface area (Å²) in [5, 5.41) is 0. The Labute approximate surface area is 101 Å². The third-order valence-electron chi connectivity index (χ3n) is 3.12. The number of nitrogens with two attached hydrogens (primary N) is 1. The fraction of sp³-hybridized carbons (Fsp3) is 0.583. The van der Waals surface area contributed by atoms with Gasteiger partial charge in [-0.2, -0.15) is 0 Å². The minimum absolute atomic E-state index is 0.462. The molecule has 1 atom stereocenters. The Morgan fingerprint density at radius 2 is 2.18 bits per heavy atom. The molecular weight excluding hydrogens is 214 g/mol. The van der Waals surface area contributed by atoms with E-state index in [0.29, 0.717) is 17.4 Å². The Hall–Kier alpha value is -1.65. The molecule has 2 rings (SSSR count). The van der Waals surface area contributed by atoms with Crippen molar-refractivity contribution in [3.63, 3.8) is 0 Å². The van der Waals surface area contributed by atoms with Crippen LogP contribution in [0.4, 0.5) is 5.82 Å². The number of nitrogen functional groups attached to an aromatic ring is 1. The van der Waals surface area contributed by atoms with Crippen molar-refractivity contribution in [1.82, 2.24) is 19.9 Å². The van der Waals surface area contributed by atoms with E-state index in [9.17, 15) is 0 Å². The first kappa shape index (κ1) is 11.8. The average Bonchev–Trinajstić information content (AvgIpc) is 2.75. The van der Waals surface area contributed by atoms with Gasteiger partial charge in [-0.25, -0.2) is 15.0 Å². The third kappa shape index (κ3) is 2.38. The highest BCUT2D eigenvalue weighted by Gasteiger charge is 2.15. The summed E-state index contributed by atoms with van der Waals surface area (Å²) in [5.74, 6) is 1.92. The summed E-state index contributed by atoms with van der Waals surface area (Å²) in [6.07, 6.45) is 6.11. The number of aromatic nitrogens is 4. The lowest BCUT2D eigenvalue weighted by atomic mass is 9.99. The van der Waals surface area contributed by atoms with E-state index in [1.165, 1.54) is 19.2 Å². The van der Waals surface area contributed by atoms with E-state index in [-0.39, 0.29) is 0 Å². The zero-order valence-electron chi connectivity index (χ0n) is 10.4. The van der Waals surface area contributed by atoms with E-state index in [0.717, 1.165) is 24.2 Å². The highest BCUT2D eigenvalue weighted by atomic mass is 15.0. The Morgan fingerprint density at radius 1 is 1.35 bits per heavy atom. The van der Waals surface area contributed by atoms with Crippen molar-refractivity contribution < 1.29 is 0 Å². The average molecular weight is 233 g/mol. The van der Waals surface area contributed by atoms with Gasteiger partial charge in [-0.3, -0.25) is 0 Å². The normalized spacial score (nSPS) is 13.1. The van der Waals surface area contributed by atoms with Crippen molar-refractivity contribution in [2.75, 3.05) is 5.73 Å². The number of aromatic amines is 1. The standard InChI is InChI=1S/C12H19N5/c1-3-5-6-8(4-2)11-16-9-10(13)14-7-15-12(9)17-11/h7-8H,3-6H2,1-2H3,(H3,13,14,15,16,17). The first-order chi connectivity index (χ1) is 8.26.